The molecule has 0 saturated carbocycles. The number of carbonyl (C=O) groups excluding carboxylic acids is 1. The number of aromatic nitrogens is 1. The van der Waals surface area contributed by atoms with E-state index < -0.39 is 16.1 Å². The molecule has 3 aromatic rings. The third kappa shape index (κ3) is 4.42. The summed E-state index contributed by atoms with van der Waals surface area (Å²) in [7, 11) is -3.52. The predicted molar refractivity (Wildman–Crippen MR) is 122 cm³/mol. The molecule has 4 rings (SSSR count). The molecule has 0 bridgehead atoms. The number of fused-ring (bicyclic) bond motifs is 1. The molecule has 1 N–H and O–H groups in total. The summed E-state index contributed by atoms with van der Waals surface area (Å²) in [6.45, 7) is 3.14. The molecule has 1 aromatic heterocycles. The van der Waals surface area contributed by atoms with Gasteiger partial charge in [-0.2, -0.15) is 4.31 Å². The lowest BCUT2D eigenvalue weighted by Crippen LogP contribution is -2.35. The Morgan fingerprint density at radius 2 is 1.84 bits per heavy atom. The van der Waals surface area contributed by atoms with Gasteiger partial charge in [-0.25, -0.2) is 12.8 Å². The Balaban J connectivity index is 1.55. The molecule has 2 heterocycles. The van der Waals surface area contributed by atoms with Crippen molar-refractivity contribution in [3.05, 3.63) is 66.1 Å². The van der Waals surface area contributed by atoms with Gasteiger partial charge in [0.1, 0.15) is 11.9 Å². The molecular formula is C24H28FN3O3S. The second-order valence-electron chi connectivity index (χ2n) is 8.14. The van der Waals surface area contributed by atoms with Crippen molar-refractivity contribution >= 4 is 26.8 Å². The van der Waals surface area contributed by atoms with Gasteiger partial charge in [0, 0.05) is 42.3 Å². The topological polar surface area (TPSA) is 71.4 Å². The van der Waals surface area contributed by atoms with E-state index in [4.69, 9.17) is 0 Å². The van der Waals surface area contributed by atoms with E-state index in [9.17, 15) is 17.6 Å². The number of hydrogen-bond acceptors (Lipinski definition) is 3. The first-order chi connectivity index (χ1) is 15.4. The van der Waals surface area contributed by atoms with E-state index in [1.807, 2.05) is 17.6 Å². The zero-order chi connectivity index (χ0) is 22.7. The molecule has 32 heavy (non-hydrogen) atoms. The fourth-order valence-corrected chi connectivity index (χ4v) is 5.83. The van der Waals surface area contributed by atoms with E-state index in [0.717, 1.165) is 30.2 Å². The second kappa shape index (κ2) is 9.42. The van der Waals surface area contributed by atoms with Gasteiger partial charge in [-0.1, -0.05) is 31.5 Å². The number of sulfonamides is 1. The molecule has 1 aliphatic rings. The van der Waals surface area contributed by atoms with Gasteiger partial charge in [-0.3, -0.25) is 4.79 Å². The first-order valence-electron chi connectivity index (χ1n) is 11.0. The fraction of sp³-hybridized carbons (Fsp3) is 0.375. The normalized spacial score (nSPS) is 16.2. The highest BCUT2D eigenvalue weighted by atomic mass is 32.2. The number of hydrogen-bond donors (Lipinski definition) is 1. The molecule has 1 aliphatic heterocycles. The molecule has 1 amide bonds. The average molecular weight is 458 g/mol. The number of nitrogens with one attached hydrogen (secondary N) is 1. The second-order valence-corrected chi connectivity index (χ2v) is 10.1. The van der Waals surface area contributed by atoms with Crippen LogP contribution in [0.15, 0.2) is 59.6 Å². The molecular weight excluding hydrogens is 429 g/mol. The van der Waals surface area contributed by atoms with Crippen molar-refractivity contribution in [3.8, 4) is 0 Å². The van der Waals surface area contributed by atoms with Crippen LogP contribution in [0.4, 0.5) is 4.39 Å². The highest BCUT2D eigenvalue weighted by Crippen LogP contribution is 2.27. The minimum absolute atomic E-state index is 0.111. The molecule has 0 spiro atoms. The van der Waals surface area contributed by atoms with E-state index >= 15 is 0 Å². The molecule has 0 radical (unpaired) electrons. The van der Waals surface area contributed by atoms with E-state index in [1.165, 1.54) is 6.07 Å². The standard InChI is InChI=1S/C24H28FN3O3S/c1-2-22(24(29)26-17-19-8-4-5-9-21(19)25)28-15-12-18-16-20(10-11-23(18)28)32(30,31)27-13-6-3-7-14-27/h4-5,8-12,15-16,22H,2-3,6-7,13-14,17H2,1H3,(H,26,29)/t22-/m1/s1. The van der Waals surface area contributed by atoms with Gasteiger partial charge in [-0.15, -0.1) is 0 Å². The molecule has 0 unspecified atom stereocenters. The van der Waals surface area contributed by atoms with Crippen LogP contribution >= 0.6 is 0 Å². The summed E-state index contributed by atoms with van der Waals surface area (Å²) in [6.07, 6.45) is 5.18. The van der Waals surface area contributed by atoms with E-state index in [1.54, 1.807) is 46.9 Å². The maximum absolute atomic E-state index is 13.9. The number of benzene rings is 2. The summed E-state index contributed by atoms with van der Waals surface area (Å²) in [5, 5.41) is 3.59. The van der Waals surface area contributed by atoms with Crippen LogP contribution in [0.5, 0.6) is 0 Å². The Hall–Kier alpha value is -2.71. The Bertz CT molecular complexity index is 1220. The minimum Gasteiger partial charge on any atom is -0.350 e. The largest absolute Gasteiger partial charge is 0.350 e. The molecule has 6 nitrogen and oxygen atoms in total. The summed E-state index contributed by atoms with van der Waals surface area (Å²) in [4.78, 5) is 13.2. The van der Waals surface area contributed by atoms with Crippen molar-refractivity contribution in [1.82, 2.24) is 14.2 Å². The van der Waals surface area contributed by atoms with E-state index in [0.29, 0.717) is 25.1 Å². The maximum atomic E-state index is 13.9. The number of amides is 1. The molecule has 1 fully saturated rings. The molecule has 2 aromatic carbocycles. The van der Waals surface area contributed by atoms with Crippen LogP contribution in [0.3, 0.4) is 0 Å². The van der Waals surface area contributed by atoms with Crippen LogP contribution < -0.4 is 5.32 Å². The van der Waals surface area contributed by atoms with E-state index in [2.05, 4.69) is 5.32 Å². The number of carbonyl (C=O) groups is 1. The predicted octanol–water partition coefficient (Wildman–Crippen LogP) is 4.22. The van der Waals surface area contributed by atoms with Gasteiger partial charge in [0.25, 0.3) is 0 Å². The summed E-state index contributed by atoms with van der Waals surface area (Å²) in [6, 6.07) is 12.8. The number of nitrogens with zero attached hydrogens (tertiary/aromatic N) is 2. The van der Waals surface area contributed by atoms with Gasteiger partial charge in [0.05, 0.1) is 4.90 Å². The first-order valence-corrected chi connectivity index (χ1v) is 12.5. The highest BCUT2D eigenvalue weighted by Gasteiger charge is 2.27. The Morgan fingerprint density at radius 3 is 2.56 bits per heavy atom. The van der Waals surface area contributed by atoms with Crippen LogP contribution in [0.25, 0.3) is 10.9 Å². The lowest BCUT2D eigenvalue weighted by molar-refractivity contribution is -0.124. The van der Waals surface area contributed by atoms with Crippen LogP contribution in [0.2, 0.25) is 0 Å². The van der Waals surface area contributed by atoms with Crippen LogP contribution in [-0.4, -0.2) is 36.3 Å². The third-order valence-corrected chi connectivity index (χ3v) is 7.98. The summed E-state index contributed by atoms with van der Waals surface area (Å²) in [5.41, 5.74) is 1.22. The summed E-state index contributed by atoms with van der Waals surface area (Å²) >= 11 is 0. The molecule has 1 saturated heterocycles. The molecule has 0 aliphatic carbocycles. The SMILES string of the molecule is CC[C@H](C(=O)NCc1ccccc1F)n1ccc2cc(S(=O)(=O)N3CCCCC3)ccc21. The van der Waals surface area contributed by atoms with Crippen LogP contribution in [-0.2, 0) is 21.4 Å². The van der Waals surface area contributed by atoms with E-state index in [-0.39, 0.29) is 23.2 Å². The third-order valence-electron chi connectivity index (χ3n) is 6.08. The van der Waals surface area contributed by atoms with Crippen molar-refractivity contribution in [2.75, 3.05) is 13.1 Å². The van der Waals surface area contributed by atoms with Gasteiger partial charge in [0.15, 0.2) is 0 Å². The van der Waals surface area contributed by atoms with Crippen molar-refractivity contribution in [1.29, 1.82) is 0 Å². The van der Waals surface area contributed by atoms with Gasteiger partial charge in [-0.05, 0) is 49.6 Å². The summed E-state index contributed by atoms with van der Waals surface area (Å²) in [5.74, 6) is -0.562. The van der Waals surface area contributed by atoms with Crippen LogP contribution in [0.1, 0.15) is 44.2 Å². The van der Waals surface area contributed by atoms with Crippen molar-refractivity contribution in [3.63, 3.8) is 0 Å². The Labute approximate surface area is 188 Å². The Kier molecular flexibility index (Phi) is 6.62. The van der Waals surface area contributed by atoms with Crippen molar-refractivity contribution in [2.45, 2.75) is 50.1 Å². The molecule has 1 atom stereocenters. The lowest BCUT2D eigenvalue weighted by atomic mass is 10.1. The summed E-state index contributed by atoms with van der Waals surface area (Å²) < 4.78 is 43.3. The quantitative estimate of drug-likeness (QED) is 0.577. The number of piperidine rings is 1. The minimum atomic E-state index is -3.52. The van der Waals surface area contributed by atoms with Crippen molar-refractivity contribution in [2.24, 2.45) is 0 Å². The molecule has 8 heteroatoms. The van der Waals surface area contributed by atoms with Gasteiger partial charge in [0.2, 0.25) is 15.9 Å². The lowest BCUT2D eigenvalue weighted by Gasteiger charge is -2.26. The monoisotopic (exact) mass is 457 g/mol. The average Bonchev–Trinajstić information content (AvgIpc) is 3.23. The Morgan fingerprint density at radius 1 is 1.09 bits per heavy atom. The van der Waals surface area contributed by atoms with Gasteiger partial charge >= 0.3 is 0 Å². The number of rotatable bonds is 7. The fourth-order valence-electron chi connectivity index (χ4n) is 4.28. The first kappa shape index (κ1) is 22.5. The van der Waals surface area contributed by atoms with Crippen LogP contribution in [0, 0.1) is 5.82 Å². The zero-order valence-electron chi connectivity index (χ0n) is 18.1. The zero-order valence-corrected chi connectivity index (χ0v) is 18.9. The van der Waals surface area contributed by atoms with Crippen molar-refractivity contribution < 1.29 is 17.6 Å². The number of halogens is 1. The highest BCUT2D eigenvalue weighted by molar-refractivity contribution is 7.89. The smallest absolute Gasteiger partial charge is 0.243 e. The molecule has 170 valence electrons. The van der Waals surface area contributed by atoms with Gasteiger partial charge < -0.3 is 9.88 Å². The maximum Gasteiger partial charge on any atom is 0.243 e.